The van der Waals surface area contributed by atoms with Crippen LogP contribution in [0.2, 0.25) is 9.49 Å². The van der Waals surface area contributed by atoms with E-state index in [0.29, 0.717) is 15.7 Å². The van der Waals surface area contributed by atoms with Crippen LogP contribution < -0.4 is 0 Å². The van der Waals surface area contributed by atoms with Crippen molar-refractivity contribution in [2.75, 3.05) is 0 Å². The van der Waals surface area contributed by atoms with Gasteiger partial charge in [0, 0.05) is 11.5 Å². The Kier molecular flexibility index (Phi) is 4.61. The number of halogens is 2. The zero-order valence-corrected chi connectivity index (χ0v) is 14.2. The van der Waals surface area contributed by atoms with E-state index in [4.69, 9.17) is 27.9 Å². The Morgan fingerprint density at radius 1 is 1.30 bits per heavy atom. The fourth-order valence-corrected chi connectivity index (χ4v) is 2.91. The van der Waals surface area contributed by atoms with Gasteiger partial charge in [-0.2, -0.15) is 5.10 Å². The Labute approximate surface area is 145 Å². The van der Waals surface area contributed by atoms with Gasteiger partial charge in [-0.1, -0.05) is 45.9 Å². The van der Waals surface area contributed by atoms with Crippen LogP contribution in [0.5, 0.6) is 0 Å². The summed E-state index contributed by atoms with van der Waals surface area (Å²) in [6.45, 7) is 1.62. The van der Waals surface area contributed by atoms with E-state index in [1.807, 2.05) is 30.3 Å². The molecule has 3 rings (SSSR count). The second kappa shape index (κ2) is 6.66. The molecule has 0 amide bonds. The molecule has 0 atom stereocenters. The summed E-state index contributed by atoms with van der Waals surface area (Å²) in [7, 11) is 0. The van der Waals surface area contributed by atoms with Crippen molar-refractivity contribution in [3.05, 3.63) is 56.8 Å². The van der Waals surface area contributed by atoms with Gasteiger partial charge in [-0.15, -0.1) is 5.10 Å². The van der Waals surface area contributed by atoms with Crippen molar-refractivity contribution in [1.29, 1.82) is 0 Å². The van der Waals surface area contributed by atoms with E-state index >= 15 is 0 Å². The van der Waals surface area contributed by atoms with E-state index in [9.17, 15) is 4.79 Å². The van der Waals surface area contributed by atoms with Crippen LogP contribution in [-0.4, -0.2) is 25.3 Å². The van der Waals surface area contributed by atoms with Crippen LogP contribution in [-0.2, 0) is 11.3 Å². The first kappa shape index (κ1) is 15.9. The molecule has 118 valence electrons. The van der Waals surface area contributed by atoms with E-state index in [2.05, 4.69) is 14.7 Å². The Morgan fingerprint density at radius 3 is 2.70 bits per heavy atom. The molecule has 0 N–H and O–H groups in total. The molecule has 9 heteroatoms. The van der Waals surface area contributed by atoms with Crippen LogP contribution >= 0.6 is 34.7 Å². The maximum absolute atomic E-state index is 12.3. The highest BCUT2D eigenvalue weighted by Crippen LogP contribution is 2.25. The predicted octanol–water partition coefficient (Wildman–Crippen LogP) is 3.70. The van der Waals surface area contributed by atoms with Crippen LogP contribution in [0.15, 0.2) is 30.3 Å². The SMILES string of the molecule is Cc1nn(-c2ccccc2)c(Cl)c1C(=O)OCc1nnsc1Cl. The summed E-state index contributed by atoms with van der Waals surface area (Å²) in [5, 5.41) is 8.28. The largest absolute Gasteiger partial charge is 0.455 e. The average Bonchev–Trinajstić information content (AvgIpc) is 3.09. The zero-order valence-electron chi connectivity index (χ0n) is 11.9. The summed E-state index contributed by atoms with van der Waals surface area (Å²) < 4.78 is 10.8. The lowest BCUT2D eigenvalue weighted by Gasteiger charge is -2.04. The second-order valence-electron chi connectivity index (χ2n) is 4.57. The van der Waals surface area contributed by atoms with Crippen molar-refractivity contribution >= 4 is 40.7 Å². The highest BCUT2D eigenvalue weighted by molar-refractivity contribution is 7.10. The average molecular weight is 369 g/mol. The van der Waals surface area contributed by atoms with E-state index in [-0.39, 0.29) is 17.3 Å². The van der Waals surface area contributed by atoms with Crippen molar-refractivity contribution in [2.24, 2.45) is 0 Å². The molecule has 2 heterocycles. The third-order valence-corrected chi connectivity index (χ3v) is 4.39. The molecule has 0 spiro atoms. The van der Waals surface area contributed by atoms with Crippen molar-refractivity contribution in [3.63, 3.8) is 0 Å². The minimum absolute atomic E-state index is 0.0690. The monoisotopic (exact) mass is 368 g/mol. The number of hydrogen-bond acceptors (Lipinski definition) is 6. The molecule has 0 aliphatic rings. The molecular weight excluding hydrogens is 359 g/mol. The standard InChI is InChI=1S/C14H10Cl2N4O2S/c1-8-11(14(21)22-7-10-13(16)23-19-17-10)12(15)20(18-8)9-5-3-2-4-6-9/h2-6H,7H2,1H3. The number of ether oxygens (including phenoxy) is 1. The topological polar surface area (TPSA) is 69.9 Å². The van der Waals surface area contributed by atoms with Gasteiger partial charge < -0.3 is 4.74 Å². The number of hydrogen-bond donors (Lipinski definition) is 0. The number of carbonyl (C=O) groups excluding carboxylic acids is 1. The lowest BCUT2D eigenvalue weighted by atomic mass is 10.2. The molecule has 0 radical (unpaired) electrons. The molecule has 3 aromatic rings. The molecule has 23 heavy (non-hydrogen) atoms. The molecule has 2 aromatic heterocycles. The normalized spacial score (nSPS) is 10.7. The Hall–Kier alpha value is -1.96. The third kappa shape index (κ3) is 3.21. The maximum Gasteiger partial charge on any atom is 0.343 e. The van der Waals surface area contributed by atoms with Gasteiger partial charge in [0.1, 0.15) is 27.4 Å². The van der Waals surface area contributed by atoms with Gasteiger partial charge in [0.05, 0.1) is 11.4 Å². The second-order valence-corrected chi connectivity index (χ2v) is 6.28. The Balaban J connectivity index is 1.84. The first-order chi connectivity index (χ1) is 11.1. The number of aromatic nitrogens is 4. The van der Waals surface area contributed by atoms with Gasteiger partial charge in [0.2, 0.25) is 0 Å². The number of benzene rings is 1. The zero-order chi connectivity index (χ0) is 16.4. The van der Waals surface area contributed by atoms with Gasteiger partial charge in [0.15, 0.2) is 0 Å². The van der Waals surface area contributed by atoms with E-state index in [1.54, 1.807) is 6.92 Å². The number of nitrogens with zero attached hydrogens (tertiary/aromatic N) is 4. The van der Waals surface area contributed by atoms with Gasteiger partial charge in [-0.25, -0.2) is 9.48 Å². The van der Waals surface area contributed by atoms with Crippen LogP contribution in [0.1, 0.15) is 21.7 Å². The molecule has 1 aromatic carbocycles. The number of para-hydroxylation sites is 1. The number of aryl methyl sites for hydroxylation is 1. The number of carbonyl (C=O) groups is 1. The highest BCUT2D eigenvalue weighted by atomic mass is 35.5. The first-order valence-electron chi connectivity index (χ1n) is 6.52. The van der Waals surface area contributed by atoms with Crippen LogP contribution in [0.3, 0.4) is 0 Å². The maximum atomic E-state index is 12.3. The van der Waals surface area contributed by atoms with E-state index in [0.717, 1.165) is 17.2 Å². The van der Waals surface area contributed by atoms with Crippen molar-refractivity contribution in [3.8, 4) is 5.69 Å². The van der Waals surface area contributed by atoms with Gasteiger partial charge in [0.25, 0.3) is 0 Å². The van der Waals surface area contributed by atoms with Gasteiger partial charge >= 0.3 is 5.97 Å². The summed E-state index contributed by atoms with van der Waals surface area (Å²) in [6.07, 6.45) is 0. The quantitative estimate of drug-likeness (QED) is 0.656. The summed E-state index contributed by atoms with van der Waals surface area (Å²) in [5.74, 6) is -0.584. The van der Waals surface area contributed by atoms with Crippen LogP contribution in [0.4, 0.5) is 0 Å². The van der Waals surface area contributed by atoms with E-state index in [1.165, 1.54) is 4.68 Å². The minimum atomic E-state index is -0.584. The fourth-order valence-electron chi connectivity index (χ4n) is 1.96. The summed E-state index contributed by atoms with van der Waals surface area (Å²) in [4.78, 5) is 12.3. The first-order valence-corrected chi connectivity index (χ1v) is 8.05. The molecule has 0 saturated carbocycles. The van der Waals surface area contributed by atoms with Gasteiger partial charge in [-0.05, 0) is 19.1 Å². The fraction of sp³-hybridized carbons (Fsp3) is 0.143. The molecule has 0 bridgehead atoms. The van der Waals surface area contributed by atoms with E-state index < -0.39 is 5.97 Å². The minimum Gasteiger partial charge on any atom is -0.455 e. The molecule has 0 aliphatic heterocycles. The van der Waals surface area contributed by atoms with Crippen LogP contribution in [0, 0.1) is 6.92 Å². The summed E-state index contributed by atoms with van der Waals surface area (Å²) >= 11 is 13.2. The molecule has 0 unspecified atom stereocenters. The van der Waals surface area contributed by atoms with Gasteiger partial charge in [-0.3, -0.25) is 0 Å². The summed E-state index contributed by atoms with van der Waals surface area (Å²) in [6, 6.07) is 9.28. The third-order valence-electron chi connectivity index (χ3n) is 3.06. The molecule has 0 fully saturated rings. The molecular formula is C14H10Cl2N4O2S. The van der Waals surface area contributed by atoms with Crippen molar-refractivity contribution < 1.29 is 9.53 Å². The molecule has 6 nitrogen and oxygen atoms in total. The number of rotatable bonds is 4. The lowest BCUT2D eigenvalue weighted by molar-refractivity contribution is 0.0467. The smallest absolute Gasteiger partial charge is 0.343 e. The lowest BCUT2D eigenvalue weighted by Crippen LogP contribution is -2.07. The number of esters is 1. The Morgan fingerprint density at radius 2 is 2.04 bits per heavy atom. The van der Waals surface area contributed by atoms with Crippen molar-refractivity contribution in [1.82, 2.24) is 19.4 Å². The molecule has 0 aliphatic carbocycles. The molecule has 0 saturated heterocycles. The Bertz CT molecular complexity index is 848. The predicted molar refractivity (Wildman–Crippen MR) is 87.3 cm³/mol. The van der Waals surface area contributed by atoms with Crippen LogP contribution in [0.25, 0.3) is 5.69 Å². The van der Waals surface area contributed by atoms with Crippen molar-refractivity contribution in [2.45, 2.75) is 13.5 Å². The summed E-state index contributed by atoms with van der Waals surface area (Å²) in [5.41, 5.74) is 1.86. The highest BCUT2D eigenvalue weighted by Gasteiger charge is 2.23.